The Bertz CT molecular complexity index is 3760. The fourth-order valence-electron chi connectivity index (χ4n) is 10.3. The number of aliphatic carboxylic acids is 1. The Labute approximate surface area is 512 Å². The molecular weight excluding hydrogens is 1240 g/mol. The molecule has 92 heavy (non-hydrogen) atoms. The number of benzene rings is 4. The number of aliphatic hydroxyl groups is 12. The van der Waals surface area contributed by atoms with Crippen LogP contribution >= 0.6 is 0 Å². The first kappa shape index (κ1) is 66.4. The monoisotopic (exact) mass is 1300 g/mol. The lowest BCUT2D eigenvalue weighted by Gasteiger charge is -2.45. The van der Waals surface area contributed by atoms with Crippen molar-refractivity contribution in [2.45, 2.75) is 129 Å². The molecule has 4 fully saturated rings. The number of phenolic OH excluding ortho intramolecular Hbond substituents is 5. The smallest absolute Gasteiger partial charge is 0.335 e. The Morgan fingerprint density at radius 1 is 0.500 bits per heavy atom. The molecule has 0 radical (unpaired) electrons. The van der Waals surface area contributed by atoms with Crippen molar-refractivity contribution >= 4 is 28.9 Å². The van der Waals surface area contributed by atoms with Crippen molar-refractivity contribution in [2.75, 3.05) is 19.8 Å². The second-order valence-corrected chi connectivity index (χ2v) is 21.4. The largest absolute Gasteiger partial charge is 0.508 e. The van der Waals surface area contributed by atoms with E-state index < -0.39 is 229 Å². The number of ether oxygens (including phenoxy) is 10. The lowest BCUT2D eigenvalue weighted by molar-refractivity contribution is -0.358. The SMILES string of the molecule is O=C(CC(=O)OC1C(Oc2cc(O)c3c(=O)c(OC4OC(CO)C(O)C(O)C4OC4OC(CO)C(O)C(O)C4O)c(-c4ccc(O)cc4)oc3c2)OC(C(=O)O)C(O)C1O)OCC1OC(Oc2cc3c(O)cc(=O)cc-3oc2-c2ccc(O)c(O)c2)C(O)C(O)C1O. The van der Waals surface area contributed by atoms with Gasteiger partial charge in [-0.25, -0.2) is 4.79 Å². The molecule has 0 bridgehead atoms. The summed E-state index contributed by atoms with van der Waals surface area (Å²) < 4.78 is 67.9. The molecule has 4 aromatic rings. The number of hydrogen-bond acceptors (Lipinski definition) is 34. The second kappa shape index (κ2) is 26.9. The van der Waals surface area contributed by atoms with Gasteiger partial charge < -0.3 is 148 Å². The molecule has 6 aliphatic rings. The van der Waals surface area contributed by atoms with Gasteiger partial charge in [0.15, 0.2) is 58.8 Å². The third-order valence-electron chi connectivity index (χ3n) is 15.2. The summed E-state index contributed by atoms with van der Waals surface area (Å²) in [5.41, 5.74) is -2.78. The van der Waals surface area contributed by atoms with Gasteiger partial charge in [0.25, 0.3) is 0 Å². The lowest BCUT2D eigenvalue weighted by atomic mass is 9.97. The van der Waals surface area contributed by atoms with Crippen LogP contribution in [-0.2, 0) is 47.5 Å². The third kappa shape index (κ3) is 13.2. The number of carbonyl (C=O) groups excluding carboxylic acids is 2. The number of aromatic hydroxyl groups is 5. The maximum absolute atomic E-state index is 14.7. The van der Waals surface area contributed by atoms with Crippen LogP contribution in [0.15, 0.2) is 91.2 Å². The van der Waals surface area contributed by atoms with Crippen LogP contribution in [0.25, 0.3) is 44.9 Å². The number of fused-ring (bicyclic) bond motifs is 2. The topological polar surface area (TPSA) is 568 Å². The minimum absolute atomic E-state index is 0.00768. The van der Waals surface area contributed by atoms with E-state index in [0.29, 0.717) is 6.07 Å². The van der Waals surface area contributed by atoms with Crippen molar-refractivity contribution in [1.82, 2.24) is 0 Å². The van der Waals surface area contributed by atoms with Crippen LogP contribution in [0.2, 0.25) is 0 Å². The Morgan fingerprint density at radius 3 is 1.77 bits per heavy atom. The van der Waals surface area contributed by atoms with Crippen LogP contribution in [-0.4, -0.2) is 252 Å². The summed E-state index contributed by atoms with van der Waals surface area (Å²) in [5.74, 6) is -11.0. The molecule has 496 valence electrons. The quantitative estimate of drug-likeness (QED) is 0.0219. The summed E-state index contributed by atoms with van der Waals surface area (Å²) in [6.45, 7) is -2.93. The number of aliphatic hydroxyl groups excluding tert-OH is 12. The summed E-state index contributed by atoms with van der Waals surface area (Å²) in [6.07, 6.45) is -42.6. The molecule has 10 rings (SSSR count). The first-order chi connectivity index (χ1) is 43.7. The van der Waals surface area contributed by atoms with Gasteiger partial charge in [0, 0.05) is 35.4 Å². The zero-order chi connectivity index (χ0) is 66.5. The average Bonchev–Trinajstić information content (AvgIpc) is 0.901. The van der Waals surface area contributed by atoms with E-state index >= 15 is 0 Å². The molecule has 20 unspecified atom stereocenters. The molecule has 1 aromatic heterocycles. The number of esters is 2. The van der Waals surface area contributed by atoms with Crippen molar-refractivity contribution < 1.29 is 163 Å². The van der Waals surface area contributed by atoms with Crippen molar-refractivity contribution in [3.8, 4) is 80.0 Å². The van der Waals surface area contributed by atoms with E-state index in [0.717, 1.165) is 48.5 Å². The summed E-state index contributed by atoms with van der Waals surface area (Å²) in [5, 5.41) is 190. The zero-order valence-electron chi connectivity index (χ0n) is 46.8. The average molecular weight is 1300 g/mol. The molecule has 5 aliphatic heterocycles. The summed E-state index contributed by atoms with van der Waals surface area (Å²) >= 11 is 0. The predicted octanol–water partition coefficient (Wildman–Crippen LogP) is -4.64. The Hall–Kier alpha value is -8.57. The van der Waals surface area contributed by atoms with E-state index in [-0.39, 0.29) is 39.7 Å². The molecule has 0 spiro atoms. The molecule has 6 heterocycles. The molecule has 18 N–H and O–H groups in total. The van der Waals surface area contributed by atoms with Gasteiger partial charge in [-0.3, -0.25) is 19.2 Å². The number of hydrogen-bond donors (Lipinski definition) is 18. The molecule has 4 saturated heterocycles. The second-order valence-electron chi connectivity index (χ2n) is 21.4. The highest BCUT2D eigenvalue weighted by atomic mass is 16.8. The highest BCUT2D eigenvalue weighted by Gasteiger charge is 2.54. The van der Waals surface area contributed by atoms with Gasteiger partial charge in [-0.15, -0.1) is 0 Å². The Balaban J connectivity index is 0.876. The molecular formula is C57H58O35. The third-order valence-corrected chi connectivity index (χ3v) is 15.2. The Morgan fingerprint density at radius 2 is 1.11 bits per heavy atom. The summed E-state index contributed by atoms with van der Waals surface area (Å²) in [4.78, 5) is 65.8. The number of phenols is 5. The van der Waals surface area contributed by atoms with E-state index in [1.165, 1.54) is 18.2 Å². The van der Waals surface area contributed by atoms with Crippen LogP contribution in [0.5, 0.6) is 46.0 Å². The standard InChI is InChI=1S/C57H58O35/c58-14-30-36(68)40(72)46(78)55(86-30)92-52-42(74)37(69)31(15-59)87-57(52)90-49-39(71)35-26(65)10-21(11-28(35)84-48(49)17-1-4-19(60)5-2-17)82-56-51(44(76)43(75)50(91-56)53(79)80)89-34(67)13-33(66)81-16-32-38(70)41(73)45(77)54(88-32)85-29-12-22-24(63)8-20(61)9-27(22)83-47(29)18-3-6-23(62)25(64)7-18/h1-12,30-32,36-38,40-46,50-52,54-60,62-65,68-70,72-78H,13-16H2,(H,79,80). The van der Waals surface area contributed by atoms with Gasteiger partial charge in [-0.05, 0) is 48.5 Å². The maximum Gasteiger partial charge on any atom is 0.335 e. The Kier molecular flexibility index (Phi) is 19.4. The van der Waals surface area contributed by atoms with Gasteiger partial charge in [-0.2, -0.15) is 0 Å². The van der Waals surface area contributed by atoms with Gasteiger partial charge in [0.05, 0.1) is 18.8 Å². The van der Waals surface area contributed by atoms with Gasteiger partial charge in [0.1, 0.15) is 132 Å². The van der Waals surface area contributed by atoms with Crippen LogP contribution in [0.3, 0.4) is 0 Å². The molecule has 0 saturated carbocycles. The number of carboxylic acid groups (broad SMARTS) is 1. The van der Waals surface area contributed by atoms with Crippen LogP contribution in [0, 0.1) is 0 Å². The fourth-order valence-corrected chi connectivity index (χ4v) is 10.3. The first-order valence-corrected chi connectivity index (χ1v) is 27.5. The molecule has 3 aromatic carbocycles. The first-order valence-electron chi connectivity index (χ1n) is 27.5. The predicted molar refractivity (Wildman–Crippen MR) is 292 cm³/mol. The maximum atomic E-state index is 14.7. The van der Waals surface area contributed by atoms with E-state index in [4.69, 9.17) is 56.2 Å². The normalized spacial score (nSPS) is 31.6. The lowest BCUT2D eigenvalue weighted by Crippen LogP contribution is -2.65. The molecule has 35 nitrogen and oxygen atoms in total. The molecule has 1 aliphatic carbocycles. The number of rotatable bonds is 18. The van der Waals surface area contributed by atoms with Crippen molar-refractivity contribution in [3.63, 3.8) is 0 Å². The van der Waals surface area contributed by atoms with E-state index in [1.54, 1.807) is 0 Å². The van der Waals surface area contributed by atoms with Gasteiger partial charge in [-0.1, -0.05) is 0 Å². The van der Waals surface area contributed by atoms with Crippen molar-refractivity contribution in [2.24, 2.45) is 0 Å². The summed E-state index contributed by atoms with van der Waals surface area (Å²) in [7, 11) is 0. The van der Waals surface area contributed by atoms with Crippen LogP contribution in [0.4, 0.5) is 0 Å². The van der Waals surface area contributed by atoms with Crippen molar-refractivity contribution in [3.05, 3.63) is 93.2 Å². The van der Waals surface area contributed by atoms with Crippen LogP contribution < -0.4 is 25.1 Å². The highest BCUT2D eigenvalue weighted by molar-refractivity contribution is 5.91. The summed E-state index contributed by atoms with van der Waals surface area (Å²) in [6, 6.07) is 12.5. The molecule has 0 amide bonds. The van der Waals surface area contributed by atoms with E-state index in [2.05, 4.69) is 0 Å². The van der Waals surface area contributed by atoms with Gasteiger partial charge in [0.2, 0.25) is 30.0 Å². The highest BCUT2D eigenvalue weighted by Crippen LogP contribution is 2.44. The number of carboxylic acids is 1. The van der Waals surface area contributed by atoms with Crippen molar-refractivity contribution in [1.29, 1.82) is 0 Å². The number of carbonyl (C=O) groups is 3. The zero-order valence-corrected chi connectivity index (χ0v) is 46.8. The fraction of sp³-hybridized carbons (Fsp3) is 0.421. The van der Waals surface area contributed by atoms with Crippen LogP contribution in [0.1, 0.15) is 6.42 Å². The minimum Gasteiger partial charge on any atom is -0.508 e. The molecule has 20 atom stereocenters. The van der Waals surface area contributed by atoms with Gasteiger partial charge >= 0.3 is 17.9 Å². The minimum atomic E-state index is -2.41. The van der Waals surface area contributed by atoms with E-state index in [9.17, 15) is 116 Å². The molecule has 35 heteroatoms. The van der Waals surface area contributed by atoms with E-state index in [1.807, 2.05) is 0 Å².